The predicted molar refractivity (Wildman–Crippen MR) is 71.2 cm³/mol. The van der Waals surface area contributed by atoms with Crippen LogP contribution in [0.3, 0.4) is 0 Å². The normalized spacial score (nSPS) is 14.2. The maximum absolute atomic E-state index is 5.45. The summed E-state index contributed by atoms with van der Waals surface area (Å²) in [7, 11) is 0. The van der Waals surface area contributed by atoms with Gasteiger partial charge in [0.05, 0.1) is 0 Å². The largest absolute Gasteiger partial charge is 0.350 e. The van der Waals surface area contributed by atoms with E-state index in [9.17, 15) is 0 Å². The van der Waals surface area contributed by atoms with E-state index in [0.717, 1.165) is 6.42 Å². The van der Waals surface area contributed by atoms with E-state index >= 15 is 0 Å². The first-order valence-corrected chi connectivity index (χ1v) is 5.88. The Hall–Kier alpha value is -0.770. The van der Waals surface area contributed by atoms with Crippen LogP contribution in [0.2, 0.25) is 0 Å². The van der Waals surface area contributed by atoms with Crippen molar-refractivity contribution in [3.05, 3.63) is 0 Å². The van der Waals surface area contributed by atoms with Crippen molar-refractivity contribution in [2.45, 2.75) is 66.5 Å². The van der Waals surface area contributed by atoms with Crippen molar-refractivity contribution in [2.75, 3.05) is 0 Å². The molecule has 0 saturated heterocycles. The van der Waals surface area contributed by atoms with Gasteiger partial charge >= 0.3 is 0 Å². The summed E-state index contributed by atoms with van der Waals surface area (Å²) >= 11 is 0. The van der Waals surface area contributed by atoms with Crippen LogP contribution in [-0.4, -0.2) is 17.5 Å². The average molecular weight is 228 g/mol. The Labute approximate surface area is 100 Å². The first kappa shape index (κ1) is 15.2. The molecule has 4 nitrogen and oxygen atoms in total. The molecule has 0 atom stereocenters. The lowest BCUT2D eigenvalue weighted by atomic mass is 9.82. The highest BCUT2D eigenvalue weighted by Gasteiger charge is 2.26. The first-order valence-electron chi connectivity index (χ1n) is 5.88. The molecular formula is C12H28N4. The molecule has 4 N–H and O–H groups in total. The molecule has 0 aliphatic rings. The Morgan fingerprint density at radius 2 is 1.69 bits per heavy atom. The second-order valence-corrected chi connectivity index (χ2v) is 6.46. The first-order chi connectivity index (χ1) is 7.06. The summed E-state index contributed by atoms with van der Waals surface area (Å²) in [5.41, 5.74) is 2.86. The molecule has 16 heavy (non-hydrogen) atoms. The van der Waals surface area contributed by atoms with Crippen LogP contribution >= 0.6 is 0 Å². The number of aliphatic imine (C=N–C) groups is 1. The maximum atomic E-state index is 5.45. The number of guanidine groups is 1. The molecule has 0 aromatic heterocycles. The third-order valence-electron chi connectivity index (χ3n) is 1.95. The molecule has 0 aliphatic heterocycles. The Kier molecular flexibility index (Phi) is 5.26. The van der Waals surface area contributed by atoms with E-state index in [4.69, 9.17) is 5.84 Å². The minimum atomic E-state index is -0.0294. The Morgan fingerprint density at radius 1 is 1.19 bits per heavy atom. The summed E-state index contributed by atoms with van der Waals surface area (Å²) in [4.78, 5) is 4.38. The van der Waals surface area contributed by atoms with Crippen LogP contribution in [0.1, 0.15) is 54.9 Å². The Morgan fingerprint density at radius 3 is 2.00 bits per heavy atom. The molecule has 0 saturated carbocycles. The third kappa shape index (κ3) is 7.51. The molecule has 0 rings (SSSR count). The molecule has 0 amide bonds. The second kappa shape index (κ2) is 5.53. The zero-order chi connectivity index (χ0) is 13.0. The van der Waals surface area contributed by atoms with Crippen molar-refractivity contribution in [1.29, 1.82) is 0 Å². The number of hydrogen-bond donors (Lipinski definition) is 3. The van der Waals surface area contributed by atoms with Crippen LogP contribution < -0.4 is 16.6 Å². The molecule has 4 heteroatoms. The van der Waals surface area contributed by atoms with Crippen molar-refractivity contribution in [1.82, 2.24) is 10.7 Å². The molecule has 0 aliphatic carbocycles. The fourth-order valence-corrected chi connectivity index (χ4v) is 2.05. The average Bonchev–Trinajstić information content (AvgIpc) is 1.96. The molecule has 0 fully saturated rings. The lowest BCUT2D eigenvalue weighted by Crippen LogP contribution is -2.53. The van der Waals surface area contributed by atoms with Gasteiger partial charge in [0.1, 0.15) is 0 Å². The fourth-order valence-electron chi connectivity index (χ4n) is 2.05. The highest BCUT2D eigenvalue weighted by Crippen LogP contribution is 2.26. The van der Waals surface area contributed by atoms with Gasteiger partial charge < -0.3 is 5.32 Å². The van der Waals surface area contributed by atoms with Crippen LogP contribution in [0.4, 0.5) is 0 Å². The van der Waals surface area contributed by atoms with Gasteiger partial charge in [-0.15, -0.1) is 0 Å². The summed E-state index contributed by atoms with van der Waals surface area (Å²) < 4.78 is 0. The Bertz CT molecular complexity index is 236. The standard InChI is InChI=1S/C12H28N4/c1-9(2)14-10(16-13)15-12(6,7)8-11(3,4)5/h9H,8,13H2,1-7H3,(H2,14,15,16). The van der Waals surface area contributed by atoms with Gasteiger partial charge in [0.2, 0.25) is 5.96 Å². The van der Waals surface area contributed by atoms with Gasteiger partial charge in [-0.3, -0.25) is 5.43 Å². The molecular weight excluding hydrogens is 200 g/mol. The maximum Gasteiger partial charge on any atom is 0.206 e. The van der Waals surface area contributed by atoms with Crippen molar-refractivity contribution in [2.24, 2.45) is 16.3 Å². The van der Waals surface area contributed by atoms with Gasteiger partial charge in [0.25, 0.3) is 0 Å². The molecule has 96 valence electrons. The zero-order valence-electron chi connectivity index (χ0n) is 11.8. The number of hydrazine groups is 1. The lowest BCUT2D eigenvalue weighted by Gasteiger charge is -2.34. The van der Waals surface area contributed by atoms with Crippen LogP contribution in [0.5, 0.6) is 0 Å². The Balaban J connectivity index is 4.55. The summed E-state index contributed by atoms with van der Waals surface area (Å²) in [6.45, 7) is 15.0. The zero-order valence-corrected chi connectivity index (χ0v) is 11.8. The minimum Gasteiger partial charge on any atom is -0.350 e. The lowest BCUT2D eigenvalue weighted by molar-refractivity contribution is 0.265. The quantitative estimate of drug-likeness (QED) is 0.300. The van der Waals surface area contributed by atoms with Crippen molar-refractivity contribution >= 4 is 5.96 Å². The van der Waals surface area contributed by atoms with E-state index in [2.05, 4.69) is 50.4 Å². The van der Waals surface area contributed by atoms with Gasteiger partial charge in [0, 0.05) is 11.6 Å². The molecule has 0 radical (unpaired) electrons. The van der Waals surface area contributed by atoms with Gasteiger partial charge in [-0.25, -0.2) is 10.8 Å². The second-order valence-electron chi connectivity index (χ2n) is 6.46. The molecule has 0 unspecified atom stereocenters. The SMILES string of the molecule is CC(C)N=C(NN)NC(C)(C)CC(C)(C)C. The van der Waals surface area contributed by atoms with Gasteiger partial charge in [-0.1, -0.05) is 20.8 Å². The monoisotopic (exact) mass is 228 g/mol. The predicted octanol–water partition coefficient (Wildman–Crippen LogP) is 2.02. The van der Waals surface area contributed by atoms with E-state index in [1.165, 1.54) is 0 Å². The third-order valence-corrected chi connectivity index (χ3v) is 1.95. The highest BCUT2D eigenvalue weighted by atomic mass is 15.3. The van der Waals surface area contributed by atoms with Crippen molar-refractivity contribution in [3.8, 4) is 0 Å². The number of nitrogens with zero attached hydrogens (tertiary/aromatic N) is 1. The van der Waals surface area contributed by atoms with Gasteiger partial charge in [0.15, 0.2) is 0 Å². The van der Waals surface area contributed by atoms with Crippen molar-refractivity contribution in [3.63, 3.8) is 0 Å². The van der Waals surface area contributed by atoms with Gasteiger partial charge in [-0.05, 0) is 39.5 Å². The molecule has 0 heterocycles. The molecule has 0 spiro atoms. The van der Waals surface area contributed by atoms with Crippen molar-refractivity contribution < 1.29 is 0 Å². The van der Waals surface area contributed by atoms with Gasteiger partial charge in [-0.2, -0.15) is 0 Å². The van der Waals surface area contributed by atoms with E-state index in [-0.39, 0.29) is 17.0 Å². The summed E-state index contributed by atoms with van der Waals surface area (Å²) in [6, 6.07) is 0.226. The molecule has 0 aromatic rings. The fraction of sp³-hybridized carbons (Fsp3) is 0.917. The number of hydrogen-bond acceptors (Lipinski definition) is 2. The van der Waals surface area contributed by atoms with E-state index < -0.39 is 0 Å². The summed E-state index contributed by atoms with van der Waals surface area (Å²) in [5, 5.41) is 3.34. The molecule has 0 aromatic carbocycles. The van der Waals surface area contributed by atoms with Crippen LogP contribution in [0, 0.1) is 5.41 Å². The van der Waals surface area contributed by atoms with Crippen LogP contribution in [-0.2, 0) is 0 Å². The molecule has 0 bridgehead atoms. The number of nitrogens with two attached hydrogens (primary N) is 1. The van der Waals surface area contributed by atoms with E-state index in [1.54, 1.807) is 0 Å². The van der Waals surface area contributed by atoms with Crippen LogP contribution in [0.25, 0.3) is 0 Å². The van der Waals surface area contributed by atoms with Crippen LogP contribution in [0.15, 0.2) is 4.99 Å². The highest BCUT2D eigenvalue weighted by molar-refractivity contribution is 5.80. The topological polar surface area (TPSA) is 62.4 Å². The smallest absolute Gasteiger partial charge is 0.206 e. The minimum absolute atomic E-state index is 0.0294. The van der Waals surface area contributed by atoms with E-state index in [1.807, 2.05) is 13.8 Å². The summed E-state index contributed by atoms with van der Waals surface area (Å²) in [5.74, 6) is 6.11. The number of nitrogens with one attached hydrogen (secondary N) is 2. The number of rotatable bonds is 3. The summed E-state index contributed by atoms with van der Waals surface area (Å²) in [6.07, 6.45) is 1.04. The van der Waals surface area contributed by atoms with E-state index in [0.29, 0.717) is 5.96 Å².